The zero-order valence-electron chi connectivity index (χ0n) is 12.4. The van der Waals surface area contributed by atoms with E-state index in [4.69, 9.17) is 0 Å². The fraction of sp³-hybridized carbons (Fsp3) is 0.688. The summed E-state index contributed by atoms with van der Waals surface area (Å²) in [7, 11) is 2.08. The van der Waals surface area contributed by atoms with Gasteiger partial charge in [0.15, 0.2) is 0 Å². The number of pyridine rings is 1. The Kier molecular flexibility index (Phi) is 6.96. The first-order chi connectivity index (χ1) is 8.72. The first kappa shape index (κ1) is 15.2. The Balaban J connectivity index is 2.67. The second-order valence-electron chi connectivity index (χ2n) is 5.18. The Hall–Kier alpha value is -0.890. The van der Waals surface area contributed by atoms with Crippen LogP contribution in [0.15, 0.2) is 18.3 Å². The molecule has 1 aromatic rings. The highest BCUT2D eigenvalue weighted by molar-refractivity contribution is 5.18. The van der Waals surface area contributed by atoms with Gasteiger partial charge in [-0.15, -0.1) is 0 Å². The van der Waals surface area contributed by atoms with E-state index in [0.717, 1.165) is 12.3 Å². The summed E-state index contributed by atoms with van der Waals surface area (Å²) >= 11 is 0. The van der Waals surface area contributed by atoms with Crippen molar-refractivity contribution in [2.24, 2.45) is 5.92 Å². The van der Waals surface area contributed by atoms with E-state index in [1.807, 2.05) is 12.3 Å². The predicted molar refractivity (Wildman–Crippen MR) is 78.8 cm³/mol. The monoisotopic (exact) mass is 248 g/mol. The smallest absolute Gasteiger partial charge is 0.0448 e. The Bertz CT molecular complexity index is 336. The summed E-state index contributed by atoms with van der Waals surface area (Å²) in [4.78, 5) is 4.52. The van der Waals surface area contributed by atoms with Gasteiger partial charge in [-0.1, -0.05) is 39.2 Å². The highest BCUT2D eigenvalue weighted by Crippen LogP contribution is 2.20. The summed E-state index contributed by atoms with van der Waals surface area (Å²) < 4.78 is 0. The third-order valence-electron chi connectivity index (χ3n) is 3.92. The largest absolute Gasteiger partial charge is 0.316 e. The summed E-state index contributed by atoms with van der Waals surface area (Å²) in [6.07, 6.45) is 8.14. The van der Waals surface area contributed by atoms with Gasteiger partial charge in [0.1, 0.15) is 0 Å². The molecule has 0 fully saturated rings. The van der Waals surface area contributed by atoms with Gasteiger partial charge in [0.2, 0.25) is 0 Å². The van der Waals surface area contributed by atoms with Crippen molar-refractivity contribution in [1.29, 1.82) is 0 Å². The number of hydrogen-bond donors (Lipinski definition) is 1. The van der Waals surface area contributed by atoms with Crippen molar-refractivity contribution in [1.82, 2.24) is 10.3 Å². The molecule has 2 unspecified atom stereocenters. The number of likely N-dealkylation sites (N-methyl/N-ethyl adjacent to an activating group) is 1. The van der Waals surface area contributed by atoms with Gasteiger partial charge in [-0.2, -0.15) is 0 Å². The van der Waals surface area contributed by atoms with E-state index in [-0.39, 0.29) is 0 Å². The quantitative estimate of drug-likeness (QED) is 0.758. The van der Waals surface area contributed by atoms with Crippen LogP contribution in [-0.4, -0.2) is 18.1 Å². The Morgan fingerprint density at radius 2 is 2.11 bits per heavy atom. The van der Waals surface area contributed by atoms with Crippen LogP contribution in [0, 0.1) is 12.8 Å². The standard InChI is InChI=1S/C16H28N2/c1-5-7-10-14(6-2)16(17-4)12-15-13(3)9-8-11-18-15/h8-9,11,14,16-17H,5-7,10,12H2,1-4H3. The highest BCUT2D eigenvalue weighted by Gasteiger charge is 2.19. The number of aryl methyl sites for hydroxylation is 1. The lowest BCUT2D eigenvalue weighted by molar-refractivity contribution is 0.328. The van der Waals surface area contributed by atoms with Crippen LogP contribution in [0.1, 0.15) is 50.8 Å². The minimum Gasteiger partial charge on any atom is -0.316 e. The van der Waals surface area contributed by atoms with Crippen LogP contribution < -0.4 is 5.32 Å². The van der Waals surface area contributed by atoms with Crippen molar-refractivity contribution >= 4 is 0 Å². The first-order valence-electron chi connectivity index (χ1n) is 7.30. The molecule has 0 spiro atoms. The molecule has 0 amide bonds. The maximum absolute atomic E-state index is 4.52. The highest BCUT2D eigenvalue weighted by atomic mass is 14.9. The summed E-state index contributed by atoms with van der Waals surface area (Å²) in [5.74, 6) is 0.761. The number of aromatic nitrogens is 1. The summed E-state index contributed by atoms with van der Waals surface area (Å²) in [6.45, 7) is 6.72. The SMILES string of the molecule is CCCCC(CC)C(Cc1ncccc1C)NC. The second kappa shape index (κ2) is 8.25. The molecule has 1 rings (SSSR count). The molecule has 18 heavy (non-hydrogen) atoms. The molecule has 102 valence electrons. The fourth-order valence-electron chi connectivity index (χ4n) is 2.60. The third kappa shape index (κ3) is 4.41. The average Bonchev–Trinajstić information content (AvgIpc) is 2.40. The number of nitrogens with zero attached hydrogens (tertiary/aromatic N) is 1. The minimum absolute atomic E-state index is 0.551. The van der Waals surface area contributed by atoms with Crippen LogP contribution in [0.25, 0.3) is 0 Å². The van der Waals surface area contributed by atoms with Gasteiger partial charge in [0.25, 0.3) is 0 Å². The molecule has 0 saturated heterocycles. The van der Waals surface area contributed by atoms with Gasteiger partial charge in [-0.05, 0) is 37.9 Å². The average molecular weight is 248 g/mol. The van der Waals surface area contributed by atoms with Gasteiger partial charge in [0.05, 0.1) is 0 Å². The molecular weight excluding hydrogens is 220 g/mol. The van der Waals surface area contributed by atoms with Crippen molar-refractivity contribution < 1.29 is 0 Å². The Morgan fingerprint density at radius 1 is 1.33 bits per heavy atom. The predicted octanol–water partition coefficient (Wildman–Crippen LogP) is 3.74. The molecule has 0 aromatic carbocycles. The van der Waals surface area contributed by atoms with E-state index in [1.54, 1.807) is 0 Å². The lowest BCUT2D eigenvalue weighted by Gasteiger charge is -2.26. The Labute approximate surface area is 112 Å². The Morgan fingerprint density at radius 3 is 2.67 bits per heavy atom. The number of rotatable bonds is 8. The topological polar surface area (TPSA) is 24.9 Å². The van der Waals surface area contributed by atoms with Crippen LogP contribution >= 0.6 is 0 Å². The van der Waals surface area contributed by atoms with Crippen molar-refractivity contribution in [3.63, 3.8) is 0 Å². The number of nitrogens with one attached hydrogen (secondary N) is 1. The minimum atomic E-state index is 0.551. The van der Waals surface area contributed by atoms with Crippen LogP contribution in [0.3, 0.4) is 0 Å². The summed E-state index contributed by atoms with van der Waals surface area (Å²) in [6, 6.07) is 4.72. The molecule has 0 bridgehead atoms. The fourth-order valence-corrected chi connectivity index (χ4v) is 2.60. The van der Waals surface area contributed by atoms with Crippen molar-refractivity contribution in [3.05, 3.63) is 29.6 Å². The number of unbranched alkanes of at least 4 members (excludes halogenated alkanes) is 1. The van der Waals surface area contributed by atoms with Crippen LogP contribution in [0.5, 0.6) is 0 Å². The molecular formula is C16H28N2. The van der Waals surface area contributed by atoms with E-state index in [2.05, 4.69) is 44.2 Å². The van der Waals surface area contributed by atoms with E-state index < -0.39 is 0 Å². The zero-order valence-corrected chi connectivity index (χ0v) is 12.4. The molecule has 0 aliphatic carbocycles. The summed E-state index contributed by atoms with van der Waals surface area (Å²) in [5.41, 5.74) is 2.55. The van der Waals surface area contributed by atoms with Crippen molar-refractivity contribution in [2.45, 2.75) is 58.9 Å². The van der Waals surface area contributed by atoms with Crippen LogP contribution in [-0.2, 0) is 6.42 Å². The molecule has 1 heterocycles. The molecule has 2 heteroatoms. The third-order valence-corrected chi connectivity index (χ3v) is 3.92. The van der Waals surface area contributed by atoms with Gasteiger partial charge in [-0.25, -0.2) is 0 Å². The van der Waals surface area contributed by atoms with Crippen LogP contribution in [0.2, 0.25) is 0 Å². The normalized spacial score (nSPS) is 14.4. The second-order valence-corrected chi connectivity index (χ2v) is 5.18. The van der Waals surface area contributed by atoms with Crippen molar-refractivity contribution in [3.8, 4) is 0 Å². The van der Waals surface area contributed by atoms with Gasteiger partial charge in [0, 0.05) is 24.4 Å². The zero-order chi connectivity index (χ0) is 13.4. The van der Waals surface area contributed by atoms with Gasteiger partial charge >= 0.3 is 0 Å². The molecule has 1 aromatic heterocycles. The van der Waals surface area contributed by atoms with E-state index in [0.29, 0.717) is 6.04 Å². The maximum Gasteiger partial charge on any atom is 0.0448 e. The molecule has 2 atom stereocenters. The van der Waals surface area contributed by atoms with Crippen molar-refractivity contribution in [2.75, 3.05) is 7.05 Å². The molecule has 0 radical (unpaired) electrons. The van der Waals surface area contributed by atoms with E-state index in [9.17, 15) is 0 Å². The molecule has 2 nitrogen and oxygen atoms in total. The number of hydrogen-bond acceptors (Lipinski definition) is 2. The molecule has 0 aliphatic rings. The van der Waals surface area contributed by atoms with E-state index >= 15 is 0 Å². The van der Waals surface area contributed by atoms with Crippen LogP contribution in [0.4, 0.5) is 0 Å². The maximum atomic E-state index is 4.52. The van der Waals surface area contributed by atoms with E-state index in [1.165, 1.54) is 36.9 Å². The molecule has 0 saturated carbocycles. The molecule has 1 N–H and O–H groups in total. The summed E-state index contributed by atoms with van der Waals surface area (Å²) in [5, 5.41) is 3.50. The lowest BCUT2D eigenvalue weighted by Crippen LogP contribution is -2.35. The first-order valence-corrected chi connectivity index (χ1v) is 7.30. The lowest BCUT2D eigenvalue weighted by atomic mass is 9.88. The van der Waals surface area contributed by atoms with Gasteiger partial charge in [-0.3, -0.25) is 4.98 Å². The molecule has 0 aliphatic heterocycles. The van der Waals surface area contributed by atoms with Gasteiger partial charge < -0.3 is 5.32 Å².